The fourth-order valence-corrected chi connectivity index (χ4v) is 2.01. The molecule has 1 N–H and O–H groups in total. The number of aryl methyl sites for hydroxylation is 1. The van der Waals surface area contributed by atoms with Crippen LogP contribution in [0, 0.1) is 5.92 Å². The lowest BCUT2D eigenvalue weighted by atomic mass is 9.85. The molecule has 1 aliphatic rings. The maximum atomic E-state index is 9.39. The number of rotatable bonds is 4. The SMILES string of the molecule is CCc1ccc(C(CO)C2COC2)cc1. The fourth-order valence-electron chi connectivity index (χ4n) is 2.01. The molecule has 1 saturated heterocycles. The average molecular weight is 206 g/mol. The van der Waals surface area contributed by atoms with Gasteiger partial charge >= 0.3 is 0 Å². The maximum Gasteiger partial charge on any atom is 0.0523 e. The quantitative estimate of drug-likeness (QED) is 0.816. The van der Waals surface area contributed by atoms with Crippen LogP contribution in [0.1, 0.15) is 24.0 Å². The van der Waals surface area contributed by atoms with Crippen molar-refractivity contribution in [1.82, 2.24) is 0 Å². The van der Waals surface area contributed by atoms with E-state index in [9.17, 15) is 5.11 Å². The van der Waals surface area contributed by atoms with E-state index in [1.165, 1.54) is 11.1 Å². The smallest absolute Gasteiger partial charge is 0.0523 e. The molecular weight excluding hydrogens is 188 g/mol. The standard InChI is InChI=1S/C13H18O2/c1-2-10-3-5-11(6-4-10)13(7-14)12-8-15-9-12/h3-6,12-14H,2,7-9H2,1H3. The van der Waals surface area contributed by atoms with Gasteiger partial charge in [0.15, 0.2) is 0 Å². The fraction of sp³-hybridized carbons (Fsp3) is 0.538. The van der Waals surface area contributed by atoms with Gasteiger partial charge in [0.05, 0.1) is 19.8 Å². The Kier molecular flexibility index (Phi) is 3.39. The third-order valence-electron chi connectivity index (χ3n) is 3.25. The number of aliphatic hydroxyl groups is 1. The molecule has 0 aromatic heterocycles. The predicted octanol–water partition coefficient (Wildman–Crippen LogP) is 1.97. The second kappa shape index (κ2) is 4.77. The first-order valence-corrected chi connectivity index (χ1v) is 5.62. The molecule has 1 heterocycles. The van der Waals surface area contributed by atoms with E-state index in [1.54, 1.807) is 0 Å². The largest absolute Gasteiger partial charge is 0.396 e. The lowest BCUT2D eigenvalue weighted by molar-refractivity contribution is -0.0527. The van der Waals surface area contributed by atoms with Crippen molar-refractivity contribution in [2.45, 2.75) is 19.3 Å². The van der Waals surface area contributed by atoms with Gasteiger partial charge in [0.2, 0.25) is 0 Å². The van der Waals surface area contributed by atoms with Crippen LogP contribution in [0.3, 0.4) is 0 Å². The van der Waals surface area contributed by atoms with Crippen LogP contribution in [-0.2, 0) is 11.2 Å². The Morgan fingerprint density at radius 2 is 2.00 bits per heavy atom. The Morgan fingerprint density at radius 3 is 2.40 bits per heavy atom. The summed E-state index contributed by atoms with van der Waals surface area (Å²) < 4.78 is 5.17. The van der Waals surface area contributed by atoms with Crippen molar-refractivity contribution in [3.05, 3.63) is 35.4 Å². The molecule has 2 heteroatoms. The van der Waals surface area contributed by atoms with Crippen LogP contribution >= 0.6 is 0 Å². The van der Waals surface area contributed by atoms with Crippen molar-refractivity contribution >= 4 is 0 Å². The van der Waals surface area contributed by atoms with Crippen molar-refractivity contribution in [2.24, 2.45) is 5.92 Å². The Bertz CT molecular complexity index is 301. The van der Waals surface area contributed by atoms with Gasteiger partial charge in [0.1, 0.15) is 0 Å². The van der Waals surface area contributed by atoms with Gasteiger partial charge < -0.3 is 9.84 Å². The molecule has 1 aliphatic heterocycles. The molecule has 1 aromatic rings. The first kappa shape index (κ1) is 10.7. The molecule has 1 aromatic carbocycles. The van der Waals surface area contributed by atoms with Crippen LogP contribution in [-0.4, -0.2) is 24.9 Å². The lowest BCUT2D eigenvalue weighted by Crippen LogP contribution is -2.34. The van der Waals surface area contributed by atoms with Crippen LogP contribution in [0.4, 0.5) is 0 Å². The van der Waals surface area contributed by atoms with Crippen LogP contribution in [0.5, 0.6) is 0 Å². The van der Waals surface area contributed by atoms with E-state index >= 15 is 0 Å². The highest BCUT2D eigenvalue weighted by molar-refractivity contribution is 5.26. The van der Waals surface area contributed by atoms with Gasteiger partial charge in [0, 0.05) is 11.8 Å². The van der Waals surface area contributed by atoms with Gasteiger partial charge in [-0.25, -0.2) is 0 Å². The van der Waals surface area contributed by atoms with Crippen molar-refractivity contribution in [1.29, 1.82) is 0 Å². The maximum absolute atomic E-state index is 9.39. The molecule has 0 aliphatic carbocycles. The highest BCUT2D eigenvalue weighted by atomic mass is 16.5. The molecule has 0 amide bonds. The van der Waals surface area contributed by atoms with E-state index in [-0.39, 0.29) is 12.5 Å². The second-order valence-electron chi connectivity index (χ2n) is 4.18. The van der Waals surface area contributed by atoms with E-state index in [1.807, 2.05) is 0 Å². The van der Waals surface area contributed by atoms with Gasteiger partial charge in [-0.1, -0.05) is 31.2 Å². The van der Waals surface area contributed by atoms with E-state index in [0.717, 1.165) is 19.6 Å². The van der Waals surface area contributed by atoms with Crippen LogP contribution < -0.4 is 0 Å². The Balaban J connectivity index is 2.11. The third-order valence-corrected chi connectivity index (χ3v) is 3.25. The third kappa shape index (κ3) is 2.21. The van der Waals surface area contributed by atoms with Gasteiger partial charge in [0.25, 0.3) is 0 Å². The molecule has 82 valence electrons. The molecular formula is C13H18O2. The van der Waals surface area contributed by atoms with Gasteiger partial charge in [-0.15, -0.1) is 0 Å². The molecule has 15 heavy (non-hydrogen) atoms. The molecule has 0 spiro atoms. The molecule has 2 nitrogen and oxygen atoms in total. The van der Waals surface area contributed by atoms with Crippen LogP contribution in [0.2, 0.25) is 0 Å². The molecule has 1 unspecified atom stereocenters. The van der Waals surface area contributed by atoms with Gasteiger partial charge in [-0.05, 0) is 17.5 Å². The zero-order valence-electron chi connectivity index (χ0n) is 9.15. The van der Waals surface area contributed by atoms with E-state index in [2.05, 4.69) is 31.2 Å². The predicted molar refractivity (Wildman–Crippen MR) is 60.0 cm³/mol. The first-order valence-electron chi connectivity index (χ1n) is 5.62. The highest BCUT2D eigenvalue weighted by Gasteiger charge is 2.28. The van der Waals surface area contributed by atoms with Crippen molar-refractivity contribution in [3.63, 3.8) is 0 Å². The minimum atomic E-state index is 0.222. The molecule has 1 atom stereocenters. The first-order chi connectivity index (χ1) is 7.35. The van der Waals surface area contributed by atoms with E-state index in [4.69, 9.17) is 4.74 Å². The van der Waals surface area contributed by atoms with E-state index < -0.39 is 0 Å². The average Bonchev–Trinajstić information content (AvgIpc) is 2.23. The molecule has 0 radical (unpaired) electrons. The number of hydrogen-bond donors (Lipinski definition) is 1. The van der Waals surface area contributed by atoms with Crippen molar-refractivity contribution < 1.29 is 9.84 Å². The summed E-state index contributed by atoms with van der Waals surface area (Å²) in [4.78, 5) is 0. The van der Waals surface area contributed by atoms with E-state index in [0.29, 0.717) is 5.92 Å². The molecule has 0 saturated carbocycles. The summed E-state index contributed by atoms with van der Waals surface area (Å²) in [6, 6.07) is 8.57. The van der Waals surface area contributed by atoms with Crippen molar-refractivity contribution in [3.8, 4) is 0 Å². The summed E-state index contributed by atoms with van der Waals surface area (Å²) in [5, 5.41) is 9.39. The summed E-state index contributed by atoms with van der Waals surface area (Å²) in [5.74, 6) is 0.757. The molecule has 1 fully saturated rings. The topological polar surface area (TPSA) is 29.5 Å². The summed E-state index contributed by atoms with van der Waals surface area (Å²) in [6.07, 6.45) is 1.07. The number of ether oxygens (including phenoxy) is 1. The summed E-state index contributed by atoms with van der Waals surface area (Å²) in [6.45, 7) is 3.96. The van der Waals surface area contributed by atoms with Gasteiger partial charge in [-0.2, -0.15) is 0 Å². The number of hydrogen-bond acceptors (Lipinski definition) is 2. The Morgan fingerprint density at radius 1 is 1.33 bits per heavy atom. The Hall–Kier alpha value is -0.860. The minimum Gasteiger partial charge on any atom is -0.396 e. The zero-order chi connectivity index (χ0) is 10.7. The zero-order valence-corrected chi connectivity index (χ0v) is 9.15. The van der Waals surface area contributed by atoms with Crippen molar-refractivity contribution in [2.75, 3.05) is 19.8 Å². The van der Waals surface area contributed by atoms with Crippen LogP contribution in [0.15, 0.2) is 24.3 Å². The van der Waals surface area contributed by atoms with Crippen LogP contribution in [0.25, 0.3) is 0 Å². The molecule has 2 rings (SSSR count). The lowest BCUT2D eigenvalue weighted by Gasteiger charge is -2.33. The number of benzene rings is 1. The van der Waals surface area contributed by atoms with Gasteiger partial charge in [-0.3, -0.25) is 0 Å². The Labute approximate surface area is 90.9 Å². The summed E-state index contributed by atoms with van der Waals surface area (Å²) in [7, 11) is 0. The minimum absolute atomic E-state index is 0.222. The number of aliphatic hydroxyl groups excluding tert-OH is 1. The highest BCUT2D eigenvalue weighted by Crippen LogP contribution is 2.29. The summed E-state index contributed by atoms with van der Waals surface area (Å²) in [5.41, 5.74) is 2.59. The molecule has 0 bridgehead atoms. The normalized spacial score (nSPS) is 18.5. The second-order valence-corrected chi connectivity index (χ2v) is 4.18. The monoisotopic (exact) mass is 206 g/mol. The summed E-state index contributed by atoms with van der Waals surface area (Å²) >= 11 is 0.